The molecule has 0 aromatic carbocycles. The molecule has 0 aliphatic rings. The second kappa shape index (κ2) is 2.53. The quantitative estimate of drug-likeness (QED) is 0.623. The van der Waals surface area contributed by atoms with Crippen LogP contribution in [0.3, 0.4) is 0 Å². The SMILES string of the molecule is N[C@@H](C(=O)O)c1ccoc1. The number of carbonyl (C=O) groups is 1. The maximum Gasteiger partial charge on any atom is 0.325 e. The number of carboxylic acid groups (broad SMARTS) is 1. The predicted molar refractivity (Wildman–Crippen MR) is 33.3 cm³/mol. The van der Waals surface area contributed by atoms with Crippen LogP contribution in [0.15, 0.2) is 23.0 Å². The molecule has 1 atom stereocenters. The molecule has 0 aliphatic heterocycles. The van der Waals surface area contributed by atoms with Gasteiger partial charge in [-0.3, -0.25) is 4.79 Å². The van der Waals surface area contributed by atoms with Gasteiger partial charge in [0.25, 0.3) is 0 Å². The summed E-state index contributed by atoms with van der Waals surface area (Å²) in [4.78, 5) is 10.2. The van der Waals surface area contributed by atoms with Crippen molar-refractivity contribution >= 4 is 5.97 Å². The van der Waals surface area contributed by atoms with Crippen molar-refractivity contribution in [1.29, 1.82) is 0 Å². The van der Waals surface area contributed by atoms with Crippen LogP contribution in [-0.2, 0) is 4.79 Å². The van der Waals surface area contributed by atoms with Gasteiger partial charge in [-0.05, 0) is 6.07 Å². The van der Waals surface area contributed by atoms with Crippen LogP contribution in [0.2, 0.25) is 0 Å². The van der Waals surface area contributed by atoms with Crippen molar-refractivity contribution in [3.8, 4) is 0 Å². The molecule has 54 valence electrons. The first-order valence-electron chi connectivity index (χ1n) is 2.72. The van der Waals surface area contributed by atoms with Crippen molar-refractivity contribution in [2.45, 2.75) is 6.04 Å². The van der Waals surface area contributed by atoms with Crippen LogP contribution in [0, 0.1) is 0 Å². The fraction of sp³-hybridized carbons (Fsp3) is 0.167. The van der Waals surface area contributed by atoms with Gasteiger partial charge < -0.3 is 15.3 Å². The summed E-state index contributed by atoms with van der Waals surface area (Å²) in [5.41, 5.74) is 5.70. The van der Waals surface area contributed by atoms with Crippen LogP contribution >= 0.6 is 0 Å². The van der Waals surface area contributed by atoms with E-state index in [1.165, 1.54) is 18.6 Å². The maximum atomic E-state index is 10.2. The Morgan fingerprint density at radius 1 is 1.80 bits per heavy atom. The molecule has 0 unspecified atom stereocenters. The summed E-state index contributed by atoms with van der Waals surface area (Å²) in [5, 5.41) is 8.39. The third-order valence-electron chi connectivity index (χ3n) is 1.17. The number of rotatable bonds is 2. The molecule has 0 saturated carbocycles. The Kier molecular flexibility index (Phi) is 1.73. The van der Waals surface area contributed by atoms with Crippen molar-refractivity contribution < 1.29 is 14.3 Å². The number of hydrogen-bond donors (Lipinski definition) is 2. The topological polar surface area (TPSA) is 76.5 Å². The summed E-state index contributed by atoms with van der Waals surface area (Å²) in [5.74, 6) is -1.05. The standard InChI is InChI=1S/C6H7NO3/c7-5(6(8)9)4-1-2-10-3-4/h1-3,5H,7H2,(H,8,9)/t5-/m1/s1. The fourth-order valence-corrected chi connectivity index (χ4v) is 0.595. The molecular weight excluding hydrogens is 134 g/mol. The van der Waals surface area contributed by atoms with E-state index in [4.69, 9.17) is 10.8 Å². The Labute approximate surface area is 57.3 Å². The van der Waals surface area contributed by atoms with Crippen LogP contribution in [0.25, 0.3) is 0 Å². The molecule has 4 heteroatoms. The lowest BCUT2D eigenvalue weighted by molar-refractivity contribution is -0.138. The first-order chi connectivity index (χ1) is 4.72. The van der Waals surface area contributed by atoms with E-state index in [-0.39, 0.29) is 0 Å². The van der Waals surface area contributed by atoms with Crippen molar-refractivity contribution in [3.63, 3.8) is 0 Å². The van der Waals surface area contributed by atoms with E-state index in [9.17, 15) is 4.79 Å². The summed E-state index contributed by atoms with van der Waals surface area (Å²) in [6, 6.07) is 0.553. The molecule has 0 fully saturated rings. The largest absolute Gasteiger partial charge is 0.480 e. The zero-order valence-electron chi connectivity index (χ0n) is 5.15. The molecule has 3 N–H and O–H groups in total. The lowest BCUT2D eigenvalue weighted by Gasteiger charge is -1.99. The molecule has 0 spiro atoms. The van der Waals surface area contributed by atoms with E-state index in [0.29, 0.717) is 5.56 Å². The van der Waals surface area contributed by atoms with Crippen molar-refractivity contribution in [2.75, 3.05) is 0 Å². The van der Waals surface area contributed by atoms with Crippen molar-refractivity contribution in [2.24, 2.45) is 5.73 Å². The number of carboxylic acids is 1. The molecule has 1 heterocycles. The molecule has 1 rings (SSSR count). The van der Waals surface area contributed by atoms with E-state index in [1.807, 2.05) is 0 Å². The van der Waals surface area contributed by atoms with Gasteiger partial charge in [-0.2, -0.15) is 0 Å². The predicted octanol–water partition coefficient (Wildman–Crippen LogP) is 0.364. The monoisotopic (exact) mass is 141 g/mol. The number of furan rings is 1. The zero-order chi connectivity index (χ0) is 7.56. The van der Waals surface area contributed by atoms with Gasteiger partial charge in [0.05, 0.1) is 12.5 Å². The van der Waals surface area contributed by atoms with Gasteiger partial charge in [0.1, 0.15) is 6.04 Å². The fourth-order valence-electron chi connectivity index (χ4n) is 0.595. The molecular formula is C6H7NO3. The Balaban J connectivity index is 2.77. The highest BCUT2D eigenvalue weighted by atomic mass is 16.4. The third-order valence-corrected chi connectivity index (χ3v) is 1.17. The molecule has 1 aromatic rings. The summed E-state index contributed by atoms with van der Waals surface area (Å²) >= 11 is 0. The first-order valence-corrected chi connectivity index (χ1v) is 2.72. The normalized spacial score (nSPS) is 12.9. The van der Waals surface area contributed by atoms with E-state index >= 15 is 0 Å². The molecule has 0 bridgehead atoms. The van der Waals surface area contributed by atoms with Gasteiger partial charge in [-0.1, -0.05) is 0 Å². The lowest BCUT2D eigenvalue weighted by Crippen LogP contribution is -2.19. The molecule has 0 aliphatic carbocycles. The van der Waals surface area contributed by atoms with E-state index in [1.54, 1.807) is 0 Å². The van der Waals surface area contributed by atoms with Crippen LogP contribution < -0.4 is 5.73 Å². The van der Waals surface area contributed by atoms with Crippen LogP contribution in [-0.4, -0.2) is 11.1 Å². The van der Waals surface area contributed by atoms with Gasteiger partial charge in [0, 0.05) is 5.56 Å². The van der Waals surface area contributed by atoms with Gasteiger partial charge in [-0.25, -0.2) is 0 Å². The summed E-state index contributed by atoms with van der Waals surface area (Å²) in [6.07, 6.45) is 2.71. The number of hydrogen-bond acceptors (Lipinski definition) is 3. The number of nitrogens with two attached hydrogens (primary N) is 1. The van der Waals surface area contributed by atoms with Crippen molar-refractivity contribution in [3.05, 3.63) is 24.2 Å². The lowest BCUT2D eigenvalue weighted by atomic mass is 10.2. The van der Waals surface area contributed by atoms with Crippen molar-refractivity contribution in [1.82, 2.24) is 0 Å². The second-order valence-corrected chi connectivity index (χ2v) is 1.87. The maximum absolute atomic E-state index is 10.2. The molecule has 0 saturated heterocycles. The molecule has 4 nitrogen and oxygen atoms in total. The van der Waals surface area contributed by atoms with Crippen LogP contribution in [0.4, 0.5) is 0 Å². The van der Waals surface area contributed by atoms with Gasteiger partial charge in [0.2, 0.25) is 0 Å². The Morgan fingerprint density at radius 3 is 2.90 bits per heavy atom. The van der Waals surface area contributed by atoms with Gasteiger partial charge in [0.15, 0.2) is 0 Å². The minimum absolute atomic E-state index is 0.479. The number of aliphatic carboxylic acids is 1. The van der Waals surface area contributed by atoms with Crippen LogP contribution in [0.5, 0.6) is 0 Å². The average Bonchev–Trinajstić information content (AvgIpc) is 2.36. The zero-order valence-corrected chi connectivity index (χ0v) is 5.15. The van der Waals surface area contributed by atoms with E-state index in [0.717, 1.165) is 0 Å². The third kappa shape index (κ3) is 1.16. The van der Waals surface area contributed by atoms with E-state index < -0.39 is 12.0 Å². The highest BCUT2D eigenvalue weighted by Gasteiger charge is 2.14. The Morgan fingerprint density at radius 2 is 2.50 bits per heavy atom. The smallest absolute Gasteiger partial charge is 0.325 e. The molecule has 1 aromatic heterocycles. The Bertz CT molecular complexity index is 217. The van der Waals surface area contributed by atoms with Gasteiger partial charge >= 0.3 is 5.97 Å². The summed E-state index contributed by atoms with van der Waals surface area (Å²) in [7, 11) is 0. The highest BCUT2D eigenvalue weighted by molar-refractivity contribution is 5.74. The molecule has 10 heavy (non-hydrogen) atoms. The second-order valence-electron chi connectivity index (χ2n) is 1.87. The summed E-state index contributed by atoms with van der Waals surface area (Å²) < 4.78 is 4.64. The molecule has 0 radical (unpaired) electrons. The minimum Gasteiger partial charge on any atom is -0.480 e. The van der Waals surface area contributed by atoms with Gasteiger partial charge in [-0.15, -0.1) is 0 Å². The van der Waals surface area contributed by atoms with Crippen LogP contribution in [0.1, 0.15) is 11.6 Å². The highest BCUT2D eigenvalue weighted by Crippen LogP contribution is 2.09. The Hall–Kier alpha value is -1.29. The molecule has 0 amide bonds. The summed E-state index contributed by atoms with van der Waals surface area (Å²) in [6.45, 7) is 0. The first kappa shape index (κ1) is 6.82. The van der Waals surface area contributed by atoms with E-state index in [2.05, 4.69) is 4.42 Å². The average molecular weight is 141 g/mol. The minimum atomic E-state index is -1.05.